The molecule has 1 aliphatic heterocycles. The molecule has 0 amide bonds. The van der Waals surface area contributed by atoms with Crippen molar-refractivity contribution in [1.82, 2.24) is 4.90 Å². The van der Waals surface area contributed by atoms with E-state index < -0.39 is 6.17 Å². The van der Waals surface area contributed by atoms with Gasteiger partial charge in [-0.2, -0.15) is 0 Å². The molecule has 0 spiro atoms. The quantitative estimate of drug-likeness (QED) is 0.591. The molecule has 0 saturated carbocycles. The smallest absolute Gasteiger partial charge is 0.113 e. The Morgan fingerprint density at radius 2 is 2.25 bits per heavy atom. The molecule has 1 atom stereocenters. The van der Waals surface area contributed by atoms with Crippen LogP contribution in [0.25, 0.3) is 0 Å². The molecule has 12 heavy (non-hydrogen) atoms. The lowest BCUT2D eigenvalue weighted by Gasteiger charge is -2.28. The van der Waals surface area contributed by atoms with Crippen LogP contribution in [-0.4, -0.2) is 30.7 Å². The van der Waals surface area contributed by atoms with Crippen LogP contribution in [0.1, 0.15) is 39.0 Å². The van der Waals surface area contributed by atoms with E-state index in [2.05, 4.69) is 11.8 Å². The Labute approximate surface area is 74.9 Å². The van der Waals surface area contributed by atoms with Crippen LogP contribution in [-0.2, 0) is 0 Å². The van der Waals surface area contributed by atoms with Crippen molar-refractivity contribution in [2.24, 2.45) is 0 Å². The molecule has 0 N–H and O–H groups in total. The van der Waals surface area contributed by atoms with Gasteiger partial charge >= 0.3 is 0 Å². The molecule has 0 aromatic rings. The Bertz CT molecular complexity index is 116. The van der Waals surface area contributed by atoms with Crippen LogP contribution in [0, 0.1) is 0 Å². The fourth-order valence-electron chi connectivity index (χ4n) is 1.79. The van der Waals surface area contributed by atoms with Crippen LogP contribution in [0.2, 0.25) is 0 Å². The Balaban J connectivity index is 2.06. The molecule has 1 rings (SSSR count). The maximum absolute atomic E-state index is 12.9. The lowest BCUT2D eigenvalue weighted by atomic mass is 10.1. The molecule has 1 aliphatic rings. The number of likely N-dealkylation sites (tertiary alicyclic amines) is 1. The second-order valence-electron chi connectivity index (χ2n) is 3.75. The third-order valence-corrected chi connectivity index (χ3v) is 2.53. The summed E-state index contributed by atoms with van der Waals surface area (Å²) in [5.41, 5.74) is 0. The molecule has 0 aliphatic carbocycles. The van der Waals surface area contributed by atoms with Gasteiger partial charge in [-0.3, -0.25) is 0 Å². The number of alkyl halides is 1. The van der Waals surface area contributed by atoms with Crippen molar-refractivity contribution in [3.63, 3.8) is 0 Å². The molecular formula is C10H20FN. The molecule has 0 aromatic carbocycles. The summed E-state index contributed by atoms with van der Waals surface area (Å²) in [5.74, 6) is 0. The molecule has 0 radical (unpaired) electrons. The van der Waals surface area contributed by atoms with E-state index in [0.29, 0.717) is 6.54 Å². The highest BCUT2D eigenvalue weighted by Gasteiger charge is 2.17. The van der Waals surface area contributed by atoms with Crippen LogP contribution in [0.5, 0.6) is 0 Å². The summed E-state index contributed by atoms with van der Waals surface area (Å²) < 4.78 is 12.9. The van der Waals surface area contributed by atoms with E-state index in [1.807, 2.05) is 0 Å². The van der Waals surface area contributed by atoms with Gasteiger partial charge in [0.05, 0.1) is 0 Å². The molecule has 72 valence electrons. The van der Waals surface area contributed by atoms with Crippen LogP contribution in [0.4, 0.5) is 4.39 Å². The highest BCUT2D eigenvalue weighted by molar-refractivity contribution is 4.71. The van der Waals surface area contributed by atoms with Crippen molar-refractivity contribution in [3.05, 3.63) is 0 Å². The Hall–Kier alpha value is -0.110. The predicted molar refractivity (Wildman–Crippen MR) is 50.1 cm³/mol. The summed E-state index contributed by atoms with van der Waals surface area (Å²) in [6, 6.07) is 0. The Morgan fingerprint density at radius 1 is 1.42 bits per heavy atom. The lowest BCUT2D eigenvalue weighted by Crippen LogP contribution is -2.36. The van der Waals surface area contributed by atoms with E-state index in [1.165, 1.54) is 19.3 Å². The first-order valence-electron chi connectivity index (χ1n) is 5.19. The molecule has 1 unspecified atom stereocenters. The van der Waals surface area contributed by atoms with Gasteiger partial charge in [0.2, 0.25) is 0 Å². The molecule has 1 fully saturated rings. The molecule has 0 aromatic heterocycles. The molecule has 1 saturated heterocycles. The first-order valence-corrected chi connectivity index (χ1v) is 5.19. The maximum atomic E-state index is 12.9. The van der Waals surface area contributed by atoms with E-state index in [0.717, 1.165) is 25.9 Å². The van der Waals surface area contributed by atoms with Gasteiger partial charge in [0.1, 0.15) is 6.17 Å². The zero-order chi connectivity index (χ0) is 8.81. The van der Waals surface area contributed by atoms with Gasteiger partial charge in [0, 0.05) is 6.54 Å². The second-order valence-corrected chi connectivity index (χ2v) is 3.75. The number of unbranched alkanes of at least 4 members (excludes halogenated alkanes) is 2. The van der Waals surface area contributed by atoms with Crippen molar-refractivity contribution in [1.29, 1.82) is 0 Å². The average molecular weight is 173 g/mol. The number of rotatable bonds is 4. The molecule has 2 heteroatoms. The summed E-state index contributed by atoms with van der Waals surface area (Å²) >= 11 is 0. The van der Waals surface area contributed by atoms with E-state index >= 15 is 0 Å². The molecular weight excluding hydrogens is 153 g/mol. The van der Waals surface area contributed by atoms with Gasteiger partial charge < -0.3 is 4.90 Å². The summed E-state index contributed by atoms with van der Waals surface area (Å²) in [7, 11) is 0. The van der Waals surface area contributed by atoms with E-state index in [1.54, 1.807) is 0 Å². The summed E-state index contributed by atoms with van der Waals surface area (Å²) in [6.45, 7) is 5.11. The highest BCUT2D eigenvalue weighted by atomic mass is 19.1. The third-order valence-electron chi connectivity index (χ3n) is 2.53. The first-order chi connectivity index (χ1) is 5.83. The highest BCUT2D eigenvalue weighted by Crippen LogP contribution is 2.13. The zero-order valence-electron chi connectivity index (χ0n) is 8.06. The third kappa shape index (κ3) is 3.53. The maximum Gasteiger partial charge on any atom is 0.113 e. The normalized spacial score (nSPS) is 26.0. The van der Waals surface area contributed by atoms with Gasteiger partial charge in [-0.15, -0.1) is 0 Å². The van der Waals surface area contributed by atoms with E-state index in [4.69, 9.17) is 0 Å². The first kappa shape index (κ1) is 9.97. The van der Waals surface area contributed by atoms with Gasteiger partial charge in [-0.25, -0.2) is 4.39 Å². The summed E-state index contributed by atoms with van der Waals surface area (Å²) in [4.78, 5) is 2.27. The minimum atomic E-state index is -0.555. The van der Waals surface area contributed by atoms with Gasteiger partial charge in [0.25, 0.3) is 0 Å². The fraction of sp³-hybridized carbons (Fsp3) is 1.00. The predicted octanol–water partition coefficient (Wildman–Crippen LogP) is 2.61. The average Bonchev–Trinajstić information content (AvgIpc) is 2.05. The molecule has 1 nitrogen and oxygen atoms in total. The summed E-state index contributed by atoms with van der Waals surface area (Å²) in [6.07, 6.45) is 5.06. The largest absolute Gasteiger partial charge is 0.300 e. The van der Waals surface area contributed by atoms with Crippen molar-refractivity contribution in [2.45, 2.75) is 45.2 Å². The fourth-order valence-corrected chi connectivity index (χ4v) is 1.79. The van der Waals surface area contributed by atoms with Gasteiger partial charge in [0.15, 0.2) is 0 Å². The van der Waals surface area contributed by atoms with Crippen LogP contribution >= 0.6 is 0 Å². The minimum absolute atomic E-state index is 0.555. The second kappa shape index (κ2) is 5.52. The molecule has 1 heterocycles. The minimum Gasteiger partial charge on any atom is -0.300 e. The standard InChI is InChI=1S/C10H20FN/c1-2-3-4-7-12-8-5-6-10(11)9-12/h10H,2-9H2,1H3. The van der Waals surface area contributed by atoms with Crippen molar-refractivity contribution in [2.75, 3.05) is 19.6 Å². The van der Waals surface area contributed by atoms with Crippen LogP contribution < -0.4 is 0 Å². The number of hydrogen-bond donors (Lipinski definition) is 0. The van der Waals surface area contributed by atoms with Crippen LogP contribution in [0.3, 0.4) is 0 Å². The Kier molecular flexibility index (Phi) is 4.59. The monoisotopic (exact) mass is 173 g/mol. The van der Waals surface area contributed by atoms with Crippen molar-refractivity contribution in [3.8, 4) is 0 Å². The Morgan fingerprint density at radius 3 is 2.92 bits per heavy atom. The van der Waals surface area contributed by atoms with Crippen LogP contribution in [0.15, 0.2) is 0 Å². The zero-order valence-corrected chi connectivity index (χ0v) is 8.06. The number of piperidine rings is 1. The topological polar surface area (TPSA) is 3.24 Å². The summed E-state index contributed by atoms with van der Waals surface area (Å²) in [5, 5.41) is 0. The SMILES string of the molecule is CCCCCN1CCCC(F)C1. The number of halogens is 1. The van der Waals surface area contributed by atoms with Gasteiger partial charge in [-0.1, -0.05) is 19.8 Å². The number of nitrogens with zero attached hydrogens (tertiary/aromatic N) is 1. The number of hydrogen-bond acceptors (Lipinski definition) is 1. The lowest BCUT2D eigenvalue weighted by molar-refractivity contribution is 0.137. The van der Waals surface area contributed by atoms with E-state index in [-0.39, 0.29) is 0 Å². The van der Waals surface area contributed by atoms with Crippen molar-refractivity contribution < 1.29 is 4.39 Å². The van der Waals surface area contributed by atoms with Crippen molar-refractivity contribution >= 4 is 0 Å². The van der Waals surface area contributed by atoms with Gasteiger partial charge in [-0.05, 0) is 32.4 Å². The van der Waals surface area contributed by atoms with E-state index in [9.17, 15) is 4.39 Å². The molecule has 0 bridgehead atoms.